The minimum Gasteiger partial charge on any atom is -0.492 e. The predicted molar refractivity (Wildman–Crippen MR) is 61.6 cm³/mol. The molecule has 1 aliphatic rings. The fourth-order valence-electron chi connectivity index (χ4n) is 2.34. The second-order valence-electron chi connectivity index (χ2n) is 4.29. The molecule has 1 aromatic rings. The normalized spacial score (nSPS) is 24.8. The summed E-state index contributed by atoms with van der Waals surface area (Å²) in [6.45, 7) is 4.60. The molecule has 2 rings (SSSR count). The summed E-state index contributed by atoms with van der Waals surface area (Å²) >= 11 is 0. The zero-order chi connectivity index (χ0) is 11.5. The standard InChI is InChI=1S/C13H17NO2/c1-3-16-11-6-10(7-14-8-11)12-4-5-13(15)9(12)2/h6-9,12H,3-5H2,1-2H3. The highest BCUT2D eigenvalue weighted by Gasteiger charge is 2.32. The number of Topliss-reactive ketones (excluding diaryl/α,β-unsaturated/α-hetero) is 1. The molecule has 1 aromatic heterocycles. The van der Waals surface area contributed by atoms with Crippen molar-refractivity contribution < 1.29 is 9.53 Å². The number of pyridine rings is 1. The molecule has 0 spiro atoms. The molecule has 0 bridgehead atoms. The van der Waals surface area contributed by atoms with E-state index in [1.165, 1.54) is 0 Å². The molecular formula is C13H17NO2. The molecule has 0 saturated heterocycles. The van der Waals surface area contributed by atoms with Gasteiger partial charge in [-0.2, -0.15) is 0 Å². The third-order valence-corrected chi connectivity index (χ3v) is 3.29. The molecule has 86 valence electrons. The first-order valence-electron chi connectivity index (χ1n) is 5.82. The highest BCUT2D eigenvalue weighted by Crippen LogP contribution is 2.37. The molecule has 0 amide bonds. The van der Waals surface area contributed by atoms with Gasteiger partial charge in [-0.05, 0) is 30.9 Å². The molecule has 2 atom stereocenters. The van der Waals surface area contributed by atoms with E-state index < -0.39 is 0 Å². The number of carbonyl (C=O) groups is 1. The summed E-state index contributed by atoms with van der Waals surface area (Å²) < 4.78 is 5.42. The lowest BCUT2D eigenvalue weighted by atomic mass is 9.91. The van der Waals surface area contributed by atoms with Crippen LogP contribution < -0.4 is 4.74 Å². The Bertz CT molecular complexity index is 389. The average molecular weight is 219 g/mol. The highest BCUT2D eigenvalue weighted by molar-refractivity contribution is 5.84. The van der Waals surface area contributed by atoms with E-state index in [2.05, 4.69) is 4.98 Å². The van der Waals surface area contributed by atoms with Crippen LogP contribution >= 0.6 is 0 Å². The number of rotatable bonds is 3. The van der Waals surface area contributed by atoms with Crippen molar-refractivity contribution in [3.8, 4) is 5.75 Å². The maximum atomic E-state index is 11.5. The van der Waals surface area contributed by atoms with E-state index >= 15 is 0 Å². The molecule has 1 heterocycles. The second kappa shape index (κ2) is 4.64. The van der Waals surface area contributed by atoms with Crippen LogP contribution in [0.25, 0.3) is 0 Å². The summed E-state index contributed by atoms with van der Waals surface area (Å²) in [6.07, 6.45) is 5.21. The lowest BCUT2D eigenvalue weighted by Crippen LogP contribution is -2.09. The summed E-state index contributed by atoms with van der Waals surface area (Å²) in [6, 6.07) is 2.01. The Morgan fingerprint density at radius 2 is 2.31 bits per heavy atom. The van der Waals surface area contributed by atoms with Crippen molar-refractivity contribution in [3.63, 3.8) is 0 Å². The first kappa shape index (κ1) is 11.1. The summed E-state index contributed by atoms with van der Waals surface area (Å²) in [5, 5.41) is 0. The van der Waals surface area contributed by atoms with Crippen molar-refractivity contribution in [2.45, 2.75) is 32.6 Å². The van der Waals surface area contributed by atoms with Crippen LogP contribution in [-0.4, -0.2) is 17.4 Å². The van der Waals surface area contributed by atoms with Crippen LogP contribution in [-0.2, 0) is 4.79 Å². The maximum absolute atomic E-state index is 11.5. The van der Waals surface area contributed by atoms with Crippen molar-refractivity contribution in [1.29, 1.82) is 0 Å². The zero-order valence-corrected chi connectivity index (χ0v) is 9.77. The monoisotopic (exact) mass is 219 g/mol. The second-order valence-corrected chi connectivity index (χ2v) is 4.29. The van der Waals surface area contributed by atoms with Crippen LogP contribution in [0.2, 0.25) is 0 Å². The lowest BCUT2D eigenvalue weighted by molar-refractivity contribution is -0.120. The van der Waals surface area contributed by atoms with Crippen LogP contribution in [0.15, 0.2) is 18.5 Å². The molecule has 0 aliphatic heterocycles. The topological polar surface area (TPSA) is 39.2 Å². The van der Waals surface area contributed by atoms with Crippen LogP contribution in [0.5, 0.6) is 5.75 Å². The van der Waals surface area contributed by atoms with Crippen LogP contribution in [0.4, 0.5) is 0 Å². The first-order chi connectivity index (χ1) is 7.72. The quantitative estimate of drug-likeness (QED) is 0.784. The minimum atomic E-state index is 0.124. The Hall–Kier alpha value is -1.38. The molecule has 1 fully saturated rings. The number of nitrogens with zero attached hydrogens (tertiary/aromatic N) is 1. The Balaban J connectivity index is 2.20. The zero-order valence-electron chi connectivity index (χ0n) is 9.77. The molecule has 1 aliphatic carbocycles. The van der Waals surface area contributed by atoms with Gasteiger partial charge in [-0.3, -0.25) is 9.78 Å². The van der Waals surface area contributed by atoms with Crippen LogP contribution in [0, 0.1) is 5.92 Å². The summed E-state index contributed by atoms with van der Waals surface area (Å²) in [7, 11) is 0. The van der Waals surface area contributed by atoms with E-state index in [1.54, 1.807) is 6.20 Å². The molecule has 1 saturated carbocycles. The van der Waals surface area contributed by atoms with E-state index in [0.717, 1.165) is 17.7 Å². The largest absolute Gasteiger partial charge is 0.492 e. The van der Waals surface area contributed by atoms with E-state index in [9.17, 15) is 4.79 Å². The smallest absolute Gasteiger partial charge is 0.137 e. The molecule has 0 radical (unpaired) electrons. The van der Waals surface area contributed by atoms with E-state index in [-0.39, 0.29) is 5.92 Å². The summed E-state index contributed by atoms with van der Waals surface area (Å²) in [5.41, 5.74) is 1.13. The number of ketones is 1. The average Bonchev–Trinajstić information content (AvgIpc) is 2.61. The van der Waals surface area contributed by atoms with E-state index in [0.29, 0.717) is 24.7 Å². The van der Waals surface area contributed by atoms with Gasteiger partial charge in [0.05, 0.1) is 12.8 Å². The Morgan fingerprint density at radius 3 is 2.94 bits per heavy atom. The number of carbonyl (C=O) groups excluding carboxylic acids is 1. The van der Waals surface area contributed by atoms with E-state index in [4.69, 9.17) is 4.74 Å². The van der Waals surface area contributed by atoms with Crippen molar-refractivity contribution in [1.82, 2.24) is 4.98 Å². The van der Waals surface area contributed by atoms with Crippen molar-refractivity contribution in [2.75, 3.05) is 6.61 Å². The molecule has 3 nitrogen and oxygen atoms in total. The van der Waals surface area contributed by atoms with Crippen molar-refractivity contribution in [3.05, 3.63) is 24.0 Å². The van der Waals surface area contributed by atoms with Gasteiger partial charge in [-0.25, -0.2) is 0 Å². The van der Waals surface area contributed by atoms with Crippen molar-refractivity contribution >= 4 is 5.78 Å². The third-order valence-electron chi connectivity index (χ3n) is 3.29. The van der Waals surface area contributed by atoms with Gasteiger partial charge in [0.25, 0.3) is 0 Å². The van der Waals surface area contributed by atoms with Crippen LogP contribution in [0.3, 0.4) is 0 Å². The maximum Gasteiger partial charge on any atom is 0.137 e. The SMILES string of the molecule is CCOc1cncc(C2CCC(=O)C2C)c1. The molecule has 0 N–H and O–H groups in total. The molecular weight excluding hydrogens is 202 g/mol. The number of hydrogen-bond acceptors (Lipinski definition) is 3. The fraction of sp³-hybridized carbons (Fsp3) is 0.538. The molecule has 3 heteroatoms. The molecule has 16 heavy (non-hydrogen) atoms. The van der Waals surface area contributed by atoms with Gasteiger partial charge >= 0.3 is 0 Å². The first-order valence-corrected chi connectivity index (χ1v) is 5.82. The molecule has 2 unspecified atom stereocenters. The Kier molecular flexibility index (Phi) is 3.22. The Labute approximate surface area is 95.8 Å². The highest BCUT2D eigenvalue weighted by atomic mass is 16.5. The fourth-order valence-corrected chi connectivity index (χ4v) is 2.34. The van der Waals surface area contributed by atoms with Gasteiger partial charge < -0.3 is 4.74 Å². The predicted octanol–water partition coefficient (Wildman–Crippen LogP) is 2.56. The Morgan fingerprint density at radius 1 is 1.50 bits per heavy atom. The minimum absolute atomic E-state index is 0.124. The lowest BCUT2D eigenvalue weighted by Gasteiger charge is -2.14. The van der Waals surface area contributed by atoms with Gasteiger partial charge in [-0.15, -0.1) is 0 Å². The van der Waals surface area contributed by atoms with Gasteiger partial charge in [0.1, 0.15) is 11.5 Å². The third kappa shape index (κ3) is 2.08. The summed E-state index contributed by atoms with van der Waals surface area (Å²) in [5.74, 6) is 1.61. The van der Waals surface area contributed by atoms with E-state index in [1.807, 2.05) is 26.1 Å². The number of ether oxygens (including phenoxy) is 1. The number of hydrogen-bond donors (Lipinski definition) is 0. The van der Waals surface area contributed by atoms with Gasteiger partial charge in [0.2, 0.25) is 0 Å². The summed E-state index contributed by atoms with van der Waals surface area (Å²) in [4.78, 5) is 15.7. The number of aromatic nitrogens is 1. The van der Waals surface area contributed by atoms with Crippen LogP contribution in [0.1, 0.15) is 38.2 Å². The van der Waals surface area contributed by atoms with Gasteiger partial charge in [-0.1, -0.05) is 6.92 Å². The van der Waals surface area contributed by atoms with Gasteiger partial charge in [0, 0.05) is 18.5 Å². The molecule has 0 aromatic carbocycles. The van der Waals surface area contributed by atoms with Gasteiger partial charge in [0.15, 0.2) is 0 Å². The van der Waals surface area contributed by atoms with Crippen molar-refractivity contribution in [2.24, 2.45) is 5.92 Å².